The first-order valence-corrected chi connectivity index (χ1v) is 5.40. The number of hydrogen-bond donors (Lipinski definition) is 1. The minimum absolute atomic E-state index is 0.472. The first kappa shape index (κ1) is 12.0. The van der Waals surface area contributed by atoms with Crippen LogP contribution in [0.15, 0.2) is 35.3 Å². The van der Waals surface area contributed by atoms with E-state index in [9.17, 15) is 9.59 Å². The number of aromatic carboxylic acids is 1. The lowest BCUT2D eigenvalue weighted by Crippen LogP contribution is -2.20. The van der Waals surface area contributed by atoms with Gasteiger partial charge in [-0.05, 0) is 25.0 Å². The van der Waals surface area contributed by atoms with E-state index in [0.717, 1.165) is 16.8 Å². The molecule has 0 aliphatic rings. The first-order chi connectivity index (χ1) is 8.50. The number of carbonyl (C=O) groups is 1. The molecule has 2 aromatic rings. The number of carboxylic acids is 1. The second-order valence-corrected chi connectivity index (χ2v) is 4.02. The van der Waals surface area contributed by atoms with E-state index in [-0.39, 0.29) is 0 Å². The summed E-state index contributed by atoms with van der Waals surface area (Å²) in [5.41, 5.74) is 1.65. The number of aromatic nitrogens is 2. The van der Waals surface area contributed by atoms with Crippen molar-refractivity contribution in [2.45, 2.75) is 13.8 Å². The van der Waals surface area contributed by atoms with E-state index < -0.39 is 17.1 Å². The van der Waals surface area contributed by atoms with E-state index in [2.05, 4.69) is 5.10 Å². The van der Waals surface area contributed by atoms with Crippen molar-refractivity contribution in [3.63, 3.8) is 0 Å². The molecule has 1 N–H and O–H groups in total. The van der Waals surface area contributed by atoms with Crippen molar-refractivity contribution in [1.82, 2.24) is 9.78 Å². The van der Waals surface area contributed by atoms with Crippen LogP contribution in [0, 0.1) is 13.8 Å². The van der Waals surface area contributed by atoms with Crippen LogP contribution < -0.4 is 5.43 Å². The van der Waals surface area contributed by atoms with E-state index in [1.807, 2.05) is 32.0 Å². The highest BCUT2D eigenvalue weighted by Crippen LogP contribution is 2.16. The molecule has 0 amide bonds. The lowest BCUT2D eigenvalue weighted by atomic mass is 10.1. The second kappa shape index (κ2) is 4.44. The van der Waals surface area contributed by atoms with Crippen LogP contribution in [0.2, 0.25) is 0 Å². The molecule has 2 rings (SSSR count). The number of aryl methyl sites for hydroxylation is 2. The Kier molecular flexibility index (Phi) is 2.97. The van der Waals surface area contributed by atoms with Gasteiger partial charge in [0.15, 0.2) is 0 Å². The highest BCUT2D eigenvalue weighted by molar-refractivity contribution is 5.84. The Hall–Kier alpha value is -2.43. The standard InChI is InChI=1S/C13H12N2O3/c1-8-4-3-5-9(2)12(8)15-7-6-10(16)11(14-15)13(17)18/h3-7H,1-2H3,(H,17,18). The number of rotatable bonds is 2. The molecule has 0 fully saturated rings. The van der Waals surface area contributed by atoms with Gasteiger partial charge in [-0.25, -0.2) is 9.48 Å². The van der Waals surface area contributed by atoms with Crippen molar-refractivity contribution in [3.05, 3.63) is 57.5 Å². The number of para-hydroxylation sites is 1. The van der Waals surface area contributed by atoms with Gasteiger partial charge in [0.25, 0.3) is 0 Å². The minimum Gasteiger partial charge on any atom is -0.476 e. The molecule has 0 aliphatic heterocycles. The fraction of sp³-hybridized carbons (Fsp3) is 0.154. The van der Waals surface area contributed by atoms with E-state index in [1.54, 1.807) is 0 Å². The van der Waals surface area contributed by atoms with Crippen LogP contribution in [-0.4, -0.2) is 20.9 Å². The zero-order valence-electron chi connectivity index (χ0n) is 10.0. The van der Waals surface area contributed by atoms with Gasteiger partial charge in [-0.3, -0.25) is 4.79 Å². The highest BCUT2D eigenvalue weighted by atomic mass is 16.4. The summed E-state index contributed by atoms with van der Waals surface area (Å²) < 4.78 is 1.43. The maximum absolute atomic E-state index is 11.4. The molecule has 1 aromatic heterocycles. The Morgan fingerprint density at radius 1 is 1.22 bits per heavy atom. The lowest BCUT2D eigenvalue weighted by Gasteiger charge is -2.11. The van der Waals surface area contributed by atoms with Crippen molar-refractivity contribution in [2.75, 3.05) is 0 Å². The van der Waals surface area contributed by atoms with E-state index in [0.29, 0.717) is 0 Å². The third kappa shape index (κ3) is 2.02. The molecule has 0 atom stereocenters. The van der Waals surface area contributed by atoms with E-state index >= 15 is 0 Å². The van der Waals surface area contributed by atoms with Crippen LogP contribution in [0.25, 0.3) is 5.69 Å². The third-order valence-electron chi connectivity index (χ3n) is 2.68. The smallest absolute Gasteiger partial charge is 0.360 e. The Bertz CT molecular complexity index is 654. The lowest BCUT2D eigenvalue weighted by molar-refractivity contribution is 0.0687. The second-order valence-electron chi connectivity index (χ2n) is 4.02. The minimum atomic E-state index is -1.32. The van der Waals surface area contributed by atoms with Gasteiger partial charge >= 0.3 is 5.97 Å². The SMILES string of the molecule is Cc1cccc(C)c1-n1ccc(=O)c(C(=O)O)n1. The van der Waals surface area contributed by atoms with Gasteiger partial charge < -0.3 is 5.11 Å². The quantitative estimate of drug-likeness (QED) is 0.869. The Balaban J connectivity index is 2.69. The van der Waals surface area contributed by atoms with Crippen molar-refractivity contribution < 1.29 is 9.90 Å². The van der Waals surface area contributed by atoms with Crippen LogP contribution in [0.1, 0.15) is 21.6 Å². The number of benzene rings is 1. The summed E-state index contributed by atoms with van der Waals surface area (Å²) in [5.74, 6) is -1.32. The predicted octanol–water partition coefficient (Wildman–Crippen LogP) is 1.55. The van der Waals surface area contributed by atoms with Crippen molar-refractivity contribution >= 4 is 5.97 Å². The summed E-state index contributed by atoms with van der Waals surface area (Å²) in [6, 6.07) is 6.93. The van der Waals surface area contributed by atoms with Crippen LogP contribution in [0.5, 0.6) is 0 Å². The molecule has 5 nitrogen and oxygen atoms in total. The molecule has 0 radical (unpaired) electrons. The normalized spacial score (nSPS) is 10.3. The Morgan fingerprint density at radius 2 is 1.83 bits per heavy atom. The maximum atomic E-state index is 11.4. The molecule has 5 heteroatoms. The fourth-order valence-electron chi connectivity index (χ4n) is 1.85. The monoisotopic (exact) mass is 244 g/mol. The summed E-state index contributed by atoms with van der Waals surface area (Å²) in [4.78, 5) is 22.3. The van der Waals surface area contributed by atoms with Crippen LogP contribution in [0.4, 0.5) is 0 Å². The molecule has 0 spiro atoms. The first-order valence-electron chi connectivity index (χ1n) is 5.40. The molecule has 18 heavy (non-hydrogen) atoms. The van der Waals surface area contributed by atoms with Crippen LogP contribution in [-0.2, 0) is 0 Å². The summed E-state index contributed by atoms with van der Waals surface area (Å²) in [6.07, 6.45) is 1.48. The summed E-state index contributed by atoms with van der Waals surface area (Å²) in [5, 5.41) is 12.8. The summed E-state index contributed by atoms with van der Waals surface area (Å²) in [6.45, 7) is 3.81. The summed E-state index contributed by atoms with van der Waals surface area (Å²) >= 11 is 0. The maximum Gasteiger partial charge on any atom is 0.360 e. The zero-order valence-corrected chi connectivity index (χ0v) is 10.0. The van der Waals surface area contributed by atoms with E-state index in [4.69, 9.17) is 5.11 Å². The topological polar surface area (TPSA) is 72.2 Å². The zero-order chi connectivity index (χ0) is 13.3. The Morgan fingerprint density at radius 3 is 2.39 bits per heavy atom. The van der Waals surface area contributed by atoms with Gasteiger partial charge in [-0.2, -0.15) is 5.10 Å². The van der Waals surface area contributed by atoms with Gasteiger partial charge in [0.1, 0.15) is 0 Å². The molecule has 0 bridgehead atoms. The van der Waals surface area contributed by atoms with Gasteiger partial charge in [0.05, 0.1) is 5.69 Å². The molecule has 0 saturated carbocycles. The molecular formula is C13H12N2O3. The Labute approximate surface area is 103 Å². The molecule has 0 unspecified atom stereocenters. The van der Waals surface area contributed by atoms with E-state index in [1.165, 1.54) is 16.9 Å². The summed E-state index contributed by atoms with van der Waals surface area (Å²) in [7, 11) is 0. The molecule has 1 aromatic carbocycles. The number of carboxylic acid groups (broad SMARTS) is 1. The fourth-order valence-corrected chi connectivity index (χ4v) is 1.85. The predicted molar refractivity (Wildman–Crippen MR) is 66.3 cm³/mol. The van der Waals surface area contributed by atoms with Gasteiger partial charge in [-0.1, -0.05) is 18.2 Å². The van der Waals surface area contributed by atoms with Crippen LogP contribution in [0.3, 0.4) is 0 Å². The molecule has 0 aliphatic carbocycles. The third-order valence-corrected chi connectivity index (χ3v) is 2.68. The average Bonchev–Trinajstić information content (AvgIpc) is 2.30. The van der Waals surface area contributed by atoms with Gasteiger partial charge in [0.2, 0.25) is 11.1 Å². The van der Waals surface area contributed by atoms with Crippen molar-refractivity contribution in [2.24, 2.45) is 0 Å². The molecular weight excluding hydrogens is 232 g/mol. The average molecular weight is 244 g/mol. The largest absolute Gasteiger partial charge is 0.476 e. The van der Waals surface area contributed by atoms with Crippen molar-refractivity contribution in [3.8, 4) is 5.69 Å². The number of hydrogen-bond acceptors (Lipinski definition) is 3. The van der Waals surface area contributed by atoms with Crippen LogP contribution >= 0.6 is 0 Å². The molecule has 92 valence electrons. The van der Waals surface area contributed by atoms with Gasteiger partial charge in [-0.15, -0.1) is 0 Å². The van der Waals surface area contributed by atoms with Crippen molar-refractivity contribution in [1.29, 1.82) is 0 Å². The highest BCUT2D eigenvalue weighted by Gasteiger charge is 2.12. The molecule has 1 heterocycles. The number of nitrogens with zero attached hydrogens (tertiary/aromatic N) is 2. The van der Waals surface area contributed by atoms with Gasteiger partial charge in [0, 0.05) is 12.3 Å². The molecule has 0 saturated heterocycles.